The molecule has 7 nitrogen and oxygen atoms in total. The Balaban J connectivity index is 2.84. The molecule has 1 heterocycles. The van der Waals surface area contributed by atoms with Gasteiger partial charge in [-0.1, -0.05) is 324 Å². The highest BCUT2D eigenvalue weighted by Crippen LogP contribution is 2.18. The van der Waals surface area contributed by atoms with E-state index in [9.17, 15) is 9.59 Å². The van der Waals surface area contributed by atoms with Crippen molar-refractivity contribution in [2.45, 2.75) is 356 Å². The van der Waals surface area contributed by atoms with Crippen molar-refractivity contribution >= 4 is 11.8 Å². The van der Waals surface area contributed by atoms with Crippen molar-refractivity contribution in [1.29, 1.82) is 0 Å². The summed E-state index contributed by atoms with van der Waals surface area (Å²) in [6.45, 7) is 22.9. The molecule has 0 spiro atoms. The number of rotatable bonds is 62. The lowest BCUT2D eigenvalue weighted by Crippen LogP contribution is -2.54. The number of carbonyl (C=O) groups excluding carboxylic acids is 2. The number of hydrogen-bond donors (Lipinski definition) is 0. The van der Waals surface area contributed by atoms with E-state index >= 15 is 0 Å². The molecule has 0 aliphatic carbocycles. The van der Waals surface area contributed by atoms with Crippen LogP contribution >= 0.6 is 0 Å². The van der Waals surface area contributed by atoms with Crippen molar-refractivity contribution < 1.29 is 9.59 Å². The summed E-state index contributed by atoms with van der Waals surface area (Å²) in [5.41, 5.74) is 0. The number of nitrogens with zero attached hydrogens (tertiary/aromatic N) is 5. The molecule has 0 saturated carbocycles. The molecular formula is C70H141N5O2. The van der Waals surface area contributed by atoms with E-state index in [0.717, 1.165) is 32.7 Å². The Morgan fingerprint density at radius 1 is 0.221 bits per heavy atom. The zero-order valence-corrected chi connectivity index (χ0v) is 53.6. The summed E-state index contributed by atoms with van der Waals surface area (Å²) in [5.74, 6) is 0.562. The summed E-state index contributed by atoms with van der Waals surface area (Å²) >= 11 is 0. The lowest BCUT2D eigenvalue weighted by Gasteiger charge is -2.37. The maximum Gasteiger partial charge on any atom is 0.236 e. The Morgan fingerprint density at radius 2 is 0.377 bits per heavy atom. The van der Waals surface area contributed by atoms with Crippen molar-refractivity contribution in [2.75, 3.05) is 85.1 Å². The summed E-state index contributed by atoms with van der Waals surface area (Å²) in [7, 11) is 0. The molecule has 0 radical (unpaired) electrons. The van der Waals surface area contributed by atoms with E-state index < -0.39 is 0 Å². The van der Waals surface area contributed by atoms with Gasteiger partial charge in [0.25, 0.3) is 0 Å². The molecule has 0 atom stereocenters. The molecule has 1 aliphatic rings. The maximum atomic E-state index is 14.2. The molecule has 7 heteroatoms. The van der Waals surface area contributed by atoms with Crippen LogP contribution in [0.15, 0.2) is 0 Å². The van der Waals surface area contributed by atoms with E-state index in [4.69, 9.17) is 0 Å². The van der Waals surface area contributed by atoms with E-state index in [-0.39, 0.29) is 11.8 Å². The lowest BCUT2D eigenvalue weighted by atomic mass is 10.1. The van der Waals surface area contributed by atoms with Crippen molar-refractivity contribution in [2.24, 2.45) is 0 Å². The maximum absolute atomic E-state index is 14.2. The Hall–Kier alpha value is -1.18. The Labute approximate surface area is 484 Å². The van der Waals surface area contributed by atoms with Crippen LogP contribution in [0.25, 0.3) is 0 Å². The first-order valence-corrected chi connectivity index (χ1v) is 35.7. The molecule has 77 heavy (non-hydrogen) atoms. The molecule has 1 saturated heterocycles. The topological polar surface area (TPSA) is 50.3 Å². The van der Waals surface area contributed by atoms with Crippen molar-refractivity contribution in [3.05, 3.63) is 0 Å². The predicted molar refractivity (Wildman–Crippen MR) is 342 cm³/mol. The van der Waals surface area contributed by atoms with Gasteiger partial charge >= 0.3 is 0 Å². The van der Waals surface area contributed by atoms with Gasteiger partial charge in [-0.25, -0.2) is 0 Å². The summed E-state index contributed by atoms with van der Waals surface area (Å²) in [5, 5.41) is 0. The largest absolute Gasteiger partial charge is 0.338 e. The van der Waals surface area contributed by atoms with Crippen LogP contribution in [0.4, 0.5) is 0 Å². The molecule has 2 amide bonds. The Kier molecular flexibility index (Phi) is 57.0. The minimum atomic E-state index is 0.281. The van der Waals surface area contributed by atoms with Gasteiger partial charge in [0, 0.05) is 39.3 Å². The first kappa shape index (κ1) is 73.8. The summed E-state index contributed by atoms with van der Waals surface area (Å²) in [4.78, 5) is 40.2. The second kappa shape index (κ2) is 59.4. The Bertz CT molecular complexity index is 1140. The average molecular weight is 1080 g/mol. The van der Waals surface area contributed by atoms with Crippen LogP contribution in [-0.4, -0.2) is 121 Å². The third-order valence-electron chi connectivity index (χ3n) is 17.6. The first-order valence-electron chi connectivity index (χ1n) is 35.7. The highest BCUT2D eigenvalue weighted by atomic mass is 16.2. The number of carbonyl (C=O) groups is 2. The third-order valence-corrected chi connectivity index (χ3v) is 17.6. The van der Waals surface area contributed by atoms with Gasteiger partial charge < -0.3 is 14.7 Å². The smallest absolute Gasteiger partial charge is 0.236 e. The fourth-order valence-electron chi connectivity index (χ4n) is 12.1. The number of amides is 2. The molecule has 458 valence electrons. The van der Waals surface area contributed by atoms with E-state index in [2.05, 4.69) is 59.1 Å². The fraction of sp³-hybridized carbons (Fsp3) is 0.971. The van der Waals surface area contributed by atoms with Crippen LogP contribution in [-0.2, 0) is 9.59 Å². The molecule has 0 aromatic rings. The van der Waals surface area contributed by atoms with Crippen LogP contribution in [0.1, 0.15) is 356 Å². The molecular weight excluding hydrogens is 943 g/mol. The van der Waals surface area contributed by atoms with Crippen LogP contribution in [0, 0.1) is 0 Å². The minimum absolute atomic E-state index is 0.281. The standard InChI is InChI=1S/C70H141N5O2/c1-6-11-16-21-26-31-36-41-46-51-56-71(57-52-47-42-37-32-27-22-17-12-7-2)61-62-73(60-55-50-45-40-35-30-25-20-15-10-5)68-70(77)75-65-63-74(64-66-75)69(76)67-72(58-53-48-43-38-33-28-23-18-13-8-3)59-54-49-44-39-34-29-24-19-14-9-4/h6-68H2,1-5H3. The zero-order chi connectivity index (χ0) is 55.6. The van der Waals surface area contributed by atoms with Gasteiger partial charge in [-0.3, -0.25) is 19.4 Å². The van der Waals surface area contributed by atoms with Crippen LogP contribution < -0.4 is 0 Å². The predicted octanol–water partition coefficient (Wildman–Crippen LogP) is 20.2. The normalized spacial score (nSPS) is 13.1. The van der Waals surface area contributed by atoms with Crippen molar-refractivity contribution in [1.82, 2.24) is 24.5 Å². The SMILES string of the molecule is CCCCCCCCCCCCN(CCCCCCCCCCCC)CCN(CCCCCCCCCCCC)CC(=O)N1CCN(C(=O)CN(CCCCCCCCCCCC)CCCCCCCCCCCC)CC1. The highest BCUT2D eigenvalue weighted by molar-refractivity contribution is 5.80. The van der Waals surface area contributed by atoms with Crippen molar-refractivity contribution in [3.63, 3.8) is 0 Å². The highest BCUT2D eigenvalue weighted by Gasteiger charge is 2.26. The molecule has 1 aliphatic heterocycles. The van der Waals surface area contributed by atoms with Crippen LogP contribution in [0.5, 0.6) is 0 Å². The molecule has 0 aromatic heterocycles. The zero-order valence-electron chi connectivity index (χ0n) is 53.6. The summed E-state index contributed by atoms with van der Waals surface area (Å²) < 4.78 is 0. The average Bonchev–Trinajstić information content (AvgIpc) is 3.44. The molecule has 0 aromatic carbocycles. The number of unbranched alkanes of at least 4 members (excludes halogenated alkanes) is 45. The summed E-state index contributed by atoms with van der Waals surface area (Å²) in [6.07, 6.45) is 68.1. The van der Waals surface area contributed by atoms with Gasteiger partial charge in [0.1, 0.15) is 0 Å². The fourth-order valence-corrected chi connectivity index (χ4v) is 12.1. The first-order chi connectivity index (χ1) is 38.0. The van der Waals surface area contributed by atoms with Gasteiger partial charge in [0.2, 0.25) is 11.8 Å². The molecule has 1 fully saturated rings. The van der Waals surface area contributed by atoms with Gasteiger partial charge in [-0.05, 0) is 64.8 Å². The molecule has 1 rings (SSSR count). The molecule has 0 N–H and O–H groups in total. The van der Waals surface area contributed by atoms with E-state index in [1.807, 2.05) is 0 Å². The van der Waals surface area contributed by atoms with E-state index in [1.54, 1.807) is 0 Å². The second-order valence-electron chi connectivity index (χ2n) is 25.1. The molecule has 0 bridgehead atoms. The van der Waals surface area contributed by atoms with Crippen LogP contribution in [0.3, 0.4) is 0 Å². The van der Waals surface area contributed by atoms with E-state index in [0.29, 0.717) is 39.3 Å². The van der Waals surface area contributed by atoms with Gasteiger partial charge in [0.15, 0.2) is 0 Å². The number of piperazine rings is 1. The Morgan fingerprint density at radius 3 is 0.584 bits per heavy atom. The monoisotopic (exact) mass is 1080 g/mol. The minimum Gasteiger partial charge on any atom is -0.338 e. The number of hydrogen-bond acceptors (Lipinski definition) is 5. The molecule has 0 unspecified atom stereocenters. The third kappa shape index (κ3) is 49.2. The van der Waals surface area contributed by atoms with Gasteiger partial charge in [0.05, 0.1) is 13.1 Å². The van der Waals surface area contributed by atoms with Crippen LogP contribution in [0.2, 0.25) is 0 Å². The van der Waals surface area contributed by atoms with Gasteiger partial charge in [-0.2, -0.15) is 0 Å². The van der Waals surface area contributed by atoms with Crippen molar-refractivity contribution in [3.8, 4) is 0 Å². The summed E-state index contributed by atoms with van der Waals surface area (Å²) in [6, 6.07) is 0. The second-order valence-corrected chi connectivity index (χ2v) is 25.1. The lowest BCUT2D eigenvalue weighted by molar-refractivity contribution is -0.140. The van der Waals surface area contributed by atoms with E-state index in [1.165, 1.54) is 334 Å². The van der Waals surface area contributed by atoms with Gasteiger partial charge in [-0.15, -0.1) is 0 Å². The quantitative estimate of drug-likeness (QED) is 0.0568.